The molecule has 2 amide bonds. The average Bonchev–Trinajstić information content (AvgIpc) is 2.75. The van der Waals surface area contributed by atoms with Gasteiger partial charge in [-0.3, -0.25) is 9.69 Å². The van der Waals surface area contributed by atoms with E-state index in [0.717, 1.165) is 4.90 Å². The van der Waals surface area contributed by atoms with Gasteiger partial charge in [-0.2, -0.15) is 13.2 Å². The third-order valence-electron chi connectivity index (χ3n) is 5.03. The molecule has 1 atom stereocenters. The maximum atomic E-state index is 13.3. The smallest absolute Gasteiger partial charge is 0.417 e. The number of benzene rings is 2. The molecular weight excluding hydrogens is 506 g/mol. The predicted molar refractivity (Wildman–Crippen MR) is 123 cm³/mol. The van der Waals surface area contributed by atoms with Crippen LogP contribution in [0, 0.1) is 5.82 Å². The van der Waals surface area contributed by atoms with Crippen LogP contribution < -0.4 is 10.0 Å². The van der Waals surface area contributed by atoms with Crippen molar-refractivity contribution in [1.82, 2.24) is 14.9 Å². The van der Waals surface area contributed by atoms with Crippen molar-refractivity contribution in [2.75, 3.05) is 13.1 Å². The summed E-state index contributed by atoms with van der Waals surface area (Å²) in [6, 6.07) is 8.24. The highest BCUT2D eigenvalue weighted by molar-refractivity contribution is 7.89. The summed E-state index contributed by atoms with van der Waals surface area (Å²) in [7, 11) is -4.63. The van der Waals surface area contributed by atoms with Gasteiger partial charge in [-0.05, 0) is 51.0 Å². The van der Waals surface area contributed by atoms with Gasteiger partial charge in [0.1, 0.15) is 11.9 Å². The minimum atomic E-state index is -5.09. The number of halogens is 4. The summed E-state index contributed by atoms with van der Waals surface area (Å²) in [4.78, 5) is 24.8. The van der Waals surface area contributed by atoms with Crippen molar-refractivity contribution in [3.63, 3.8) is 0 Å². The molecule has 0 aliphatic heterocycles. The Hall–Kier alpha value is -3.19. The summed E-state index contributed by atoms with van der Waals surface area (Å²) < 4.78 is 79.5. The molecule has 0 unspecified atom stereocenters. The van der Waals surface area contributed by atoms with E-state index in [1.165, 1.54) is 0 Å². The first-order chi connectivity index (χ1) is 16.6. The number of carbonyl (C=O) groups excluding carboxylic acids is 1. The number of carboxylic acid groups (broad SMARTS) is 1. The Morgan fingerprint density at radius 3 is 2.17 bits per heavy atom. The van der Waals surface area contributed by atoms with Crippen LogP contribution in [0.1, 0.15) is 44.4 Å². The lowest BCUT2D eigenvalue weighted by atomic mass is 9.97. The molecule has 0 aliphatic carbocycles. The second-order valence-electron chi connectivity index (χ2n) is 8.82. The molecule has 36 heavy (non-hydrogen) atoms. The lowest BCUT2D eigenvalue weighted by Crippen LogP contribution is -2.52. The van der Waals surface area contributed by atoms with Crippen LogP contribution in [0.2, 0.25) is 0 Å². The normalized spacial score (nSPS) is 13.2. The maximum Gasteiger partial charge on any atom is 0.417 e. The summed E-state index contributed by atoms with van der Waals surface area (Å²) in [5, 5.41) is 12.3. The van der Waals surface area contributed by atoms with E-state index in [0.29, 0.717) is 17.7 Å². The molecule has 0 heterocycles. The van der Waals surface area contributed by atoms with Gasteiger partial charge in [-0.1, -0.05) is 30.3 Å². The molecule has 3 N–H and O–H groups in total. The first-order valence-electron chi connectivity index (χ1n) is 10.8. The van der Waals surface area contributed by atoms with Gasteiger partial charge in [0.15, 0.2) is 0 Å². The zero-order chi connectivity index (χ0) is 27.3. The van der Waals surface area contributed by atoms with Crippen LogP contribution in [0.3, 0.4) is 0 Å². The molecule has 0 aromatic heterocycles. The second kappa shape index (κ2) is 11.2. The molecule has 13 heteroatoms. The highest BCUT2D eigenvalue weighted by Gasteiger charge is 2.39. The van der Waals surface area contributed by atoms with E-state index in [-0.39, 0.29) is 25.6 Å². The van der Waals surface area contributed by atoms with Gasteiger partial charge >= 0.3 is 12.3 Å². The van der Waals surface area contributed by atoms with Gasteiger partial charge in [0.05, 0.1) is 10.5 Å². The number of alkyl halides is 3. The second-order valence-corrected chi connectivity index (χ2v) is 10.6. The Morgan fingerprint density at radius 2 is 1.64 bits per heavy atom. The Bertz CT molecular complexity index is 1180. The van der Waals surface area contributed by atoms with Crippen molar-refractivity contribution in [2.24, 2.45) is 0 Å². The van der Waals surface area contributed by atoms with Crippen molar-refractivity contribution >= 4 is 22.0 Å². The lowest BCUT2D eigenvalue weighted by Gasteiger charge is -2.39. The molecule has 0 fully saturated rings. The fourth-order valence-electron chi connectivity index (χ4n) is 3.48. The third-order valence-corrected chi connectivity index (χ3v) is 6.55. The van der Waals surface area contributed by atoms with Crippen LogP contribution in [-0.2, 0) is 21.0 Å². The summed E-state index contributed by atoms with van der Waals surface area (Å²) in [5.74, 6) is -1.89. The molecule has 0 spiro atoms. The SMILES string of the molecule is CC(C)(C)N(C(=O)O)[C@H](C(=O)NCCCNS(=O)(=O)c1ccc(F)cc1C(F)(F)F)c1ccccc1. The zero-order valence-corrected chi connectivity index (χ0v) is 20.6. The first-order valence-corrected chi connectivity index (χ1v) is 12.3. The number of nitrogens with one attached hydrogen (secondary N) is 2. The number of amides is 2. The number of hydrogen-bond acceptors (Lipinski definition) is 4. The van der Waals surface area contributed by atoms with Crippen LogP contribution in [0.25, 0.3) is 0 Å². The Morgan fingerprint density at radius 1 is 1.03 bits per heavy atom. The van der Waals surface area contributed by atoms with Gasteiger partial charge in [-0.25, -0.2) is 22.3 Å². The van der Waals surface area contributed by atoms with Crippen molar-refractivity contribution in [2.45, 2.75) is 49.8 Å². The number of rotatable bonds is 9. The summed E-state index contributed by atoms with van der Waals surface area (Å²) in [5.41, 5.74) is -2.15. The van der Waals surface area contributed by atoms with E-state index >= 15 is 0 Å². The Balaban J connectivity index is 2.09. The standard InChI is InChI=1S/C23H27F4N3O5S/c1-22(2,3)30(21(32)33)19(15-8-5-4-6-9-15)20(31)28-12-7-13-29-36(34,35)18-11-10-16(24)14-17(18)23(25,26)27/h4-6,8-11,14,19,29H,7,12-13H2,1-3H3,(H,28,31)(H,32,33)/t19-/m0/s1. The van der Waals surface area contributed by atoms with Crippen LogP contribution in [0.15, 0.2) is 53.4 Å². The lowest BCUT2D eigenvalue weighted by molar-refractivity contribution is -0.140. The van der Waals surface area contributed by atoms with Gasteiger partial charge in [0.25, 0.3) is 0 Å². The van der Waals surface area contributed by atoms with Crippen LogP contribution >= 0.6 is 0 Å². The fourth-order valence-corrected chi connectivity index (χ4v) is 4.76. The zero-order valence-electron chi connectivity index (χ0n) is 19.8. The van der Waals surface area contributed by atoms with Crippen molar-refractivity contribution in [1.29, 1.82) is 0 Å². The minimum absolute atomic E-state index is 0.0163. The minimum Gasteiger partial charge on any atom is -0.465 e. The quantitative estimate of drug-likeness (QED) is 0.331. The highest BCUT2D eigenvalue weighted by atomic mass is 32.2. The molecule has 8 nitrogen and oxygen atoms in total. The predicted octanol–water partition coefficient (Wildman–Crippen LogP) is 4.15. The molecular formula is C23H27F4N3O5S. The van der Waals surface area contributed by atoms with Crippen molar-refractivity contribution < 1.29 is 40.7 Å². The molecule has 0 aliphatic rings. The highest BCUT2D eigenvalue weighted by Crippen LogP contribution is 2.34. The fraction of sp³-hybridized carbons (Fsp3) is 0.391. The maximum absolute atomic E-state index is 13.3. The number of sulfonamides is 1. The molecule has 198 valence electrons. The average molecular weight is 534 g/mol. The van der Waals surface area contributed by atoms with E-state index < -0.39 is 56.1 Å². The summed E-state index contributed by atoms with van der Waals surface area (Å²) in [6.07, 6.45) is -6.42. The summed E-state index contributed by atoms with van der Waals surface area (Å²) >= 11 is 0. The first kappa shape index (κ1) is 29.0. The van der Waals surface area contributed by atoms with E-state index in [2.05, 4.69) is 5.32 Å². The van der Waals surface area contributed by atoms with Crippen LogP contribution in [-0.4, -0.2) is 49.1 Å². The molecule has 0 bridgehead atoms. The van der Waals surface area contributed by atoms with Crippen LogP contribution in [0.5, 0.6) is 0 Å². The Labute approximate surface area is 206 Å². The van der Waals surface area contributed by atoms with E-state index in [4.69, 9.17) is 0 Å². The Kier molecular flexibility index (Phi) is 9.08. The van der Waals surface area contributed by atoms with Gasteiger partial charge in [0.2, 0.25) is 15.9 Å². The number of hydrogen-bond donors (Lipinski definition) is 3. The van der Waals surface area contributed by atoms with Gasteiger partial charge < -0.3 is 10.4 Å². The molecule has 0 saturated heterocycles. The number of carbonyl (C=O) groups is 2. The third kappa shape index (κ3) is 7.40. The van der Waals surface area contributed by atoms with Gasteiger partial charge in [0, 0.05) is 18.6 Å². The molecule has 0 saturated carbocycles. The van der Waals surface area contributed by atoms with Crippen molar-refractivity contribution in [3.05, 3.63) is 65.5 Å². The van der Waals surface area contributed by atoms with Crippen molar-refractivity contribution in [3.8, 4) is 0 Å². The largest absolute Gasteiger partial charge is 0.465 e. The molecule has 2 aromatic carbocycles. The molecule has 0 radical (unpaired) electrons. The van der Waals surface area contributed by atoms with Gasteiger partial charge in [-0.15, -0.1) is 0 Å². The molecule has 2 rings (SSSR count). The van der Waals surface area contributed by atoms with E-state index in [9.17, 15) is 40.7 Å². The van der Waals surface area contributed by atoms with Crippen LogP contribution in [0.4, 0.5) is 22.4 Å². The van der Waals surface area contributed by atoms with E-state index in [1.807, 2.05) is 4.72 Å². The number of nitrogens with zero attached hydrogens (tertiary/aromatic N) is 1. The monoisotopic (exact) mass is 533 g/mol. The summed E-state index contributed by atoms with van der Waals surface area (Å²) in [6.45, 7) is 4.45. The molecule has 2 aromatic rings. The van der Waals surface area contributed by atoms with E-state index in [1.54, 1.807) is 51.1 Å². The topological polar surface area (TPSA) is 116 Å².